The number of hydrogen-bond acceptors (Lipinski definition) is 6. The molecule has 1 unspecified atom stereocenters. The van der Waals surface area contributed by atoms with E-state index in [9.17, 15) is 4.79 Å². The fraction of sp³-hybridized carbons (Fsp3) is 0.360. The Labute approximate surface area is 197 Å². The molecule has 0 bridgehead atoms. The molecule has 8 heteroatoms. The summed E-state index contributed by atoms with van der Waals surface area (Å²) in [4.78, 5) is 23.5. The molecule has 1 amide bonds. The summed E-state index contributed by atoms with van der Waals surface area (Å²) in [5.41, 5.74) is 3.68. The van der Waals surface area contributed by atoms with Crippen LogP contribution in [0.4, 0.5) is 0 Å². The van der Waals surface area contributed by atoms with E-state index in [1.165, 1.54) is 0 Å². The number of pyridine rings is 1. The van der Waals surface area contributed by atoms with Gasteiger partial charge < -0.3 is 10.6 Å². The molecule has 0 aromatic carbocycles. The normalized spacial score (nSPS) is 18.3. The number of hydrogen-bond donors (Lipinski definition) is 2. The highest BCUT2D eigenvalue weighted by Crippen LogP contribution is 2.28. The maximum Gasteiger partial charge on any atom is 0.251 e. The lowest BCUT2D eigenvalue weighted by molar-refractivity contribution is 0.0937. The number of nitrogens with zero attached hydrogens (tertiary/aromatic N) is 4. The summed E-state index contributed by atoms with van der Waals surface area (Å²) in [6.45, 7) is 6.10. The van der Waals surface area contributed by atoms with Crippen LogP contribution < -0.4 is 10.6 Å². The van der Waals surface area contributed by atoms with Crippen molar-refractivity contribution in [3.05, 3.63) is 59.9 Å². The average molecular weight is 461 g/mol. The Morgan fingerprint density at radius 2 is 2.21 bits per heavy atom. The van der Waals surface area contributed by atoms with Crippen molar-refractivity contribution in [1.29, 1.82) is 0 Å². The maximum absolute atomic E-state index is 13.0. The van der Waals surface area contributed by atoms with Crippen molar-refractivity contribution < 1.29 is 4.79 Å². The number of thiophene rings is 1. The summed E-state index contributed by atoms with van der Waals surface area (Å²) in [6, 6.07) is 9.60. The highest BCUT2D eigenvalue weighted by atomic mass is 32.1. The summed E-state index contributed by atoms with van der Waals surface area (Å²) >= 11 is 1.65. The summed E-state index contributed by atoms with van der Waals surface area (Å²) in [7, 11) is 0. The molecular formula is C25H28N6OS. The molecule has 2 N–H and O–H groups in total. The number of rotatable bonds is 7. The van der Waals surface area contributed by atoms with Crippen molar-refractivity contribution in [2.75, 3.05) is 13.1 Å². The topological polar surface area (TPSA) is 84.2 Å². The quantitative estimate of drug-likeness (QED) is 0.427. The van der Waals surface area contributed by atoms with Gasteiger partial charge in [0.2, 0.25) is 0 Å². The SMILES string of the molecule is CC(C)CC1(CNC(=O)c2ccnc(-c3cnn4ccc(-c5cccs5)nc34)c2)CCCN1. The van der Waals surface area contributed by atoms with Crippen LogP contribution in [-0.2, 0) is 0 Å². The molecule has 1 aliphatic heterocycles. The van der Waals surface area contributed by atoms with Crippen LogP contribution in [0.15, 0.2) is 54.3 Å². The van der Waals surface area contributed by atoms with Crippen LogP contribution in [0.3, 0.4) is 0 Å². The first-order valence-corrected chi connectivity index (χ1v) is 12.3. The molecule has 1 atom stereocenters. The van der Waals surface area contributed by atoms with Crippen molar-refractivity contribution in [2.24, 2.45) is 5.92 Å². The monoisotopic (exact) mass is 460 g/mol. The number of carbonyl (C=O) groups is 1. The van der Waals surface area contributed by atoms with E-state index in [0.717, 1.165) is 47.6 Å². The summed E-state index contributed by atoms with van der Waals surface area (Å²) in [6.07, 6.45) is 8.62. The molecule has 1 aliphatic rings. The van der Waals surface area contributed by atoms with E-state index in [2.05, 4.69) is 34.6 Å². The second-order valence-electron chi connectivity index (χ2n) is 9.14. The molecule has 0 spiro atoms. The van der Waals surface area contributed by atoms with Crippen LogP contribution in [0.2, 0.25) is 0 Å². The highest BCUT2D eigenvalue weighted by molar-refractivity contribution is 7.13. The number of carbonyl (C=O) groups excluding carboxylic acids is 1. The molecule has 4 aromatic heterocycles. The number of amides is 1. The number of nitrogens with one attached hydrogen (secondary N) is 2. The Morgan fingerprint density at radius 3 is 2.97 bits per heavy atom. The van der Waals surface area contributed by atoms with Gasteiger partial charge in [-0.15, -0.1) is 11.3 Å². The lowest BCUT2D eigenvalue weighted by Crippen LogP contribution is -2.50. The van der Waals surface area contributed by atoms with Gasteiger partial charge in [-0.3, -0.25) is 9.78 Å². The van der Waals surface area contributed by atoms with Gasteiger partial charge in [0.1, 0.15) is 0 Å². The second-order valence-corrected chi connectivity index (χ2v) is 10.1. The minimum absolute atomic E-state index is 0.00968. The van der Waals surface area contributed by atoms with Crippen LogP contribution in [0.1, 0.15) is 43.5 Å². The first-order chi connectivity index (χ1) is 16.0. The van der Waals surface area contributed by atoms with Crippen LogP contribution in [-0.4, -0.2) is 44.1 Å². The molecule has 170 valence electrons. The van der Waals surface area contributed by atoms with E-state index in [0.29, 0.717) is 23.7 Å². The third-order valence-corrected chi connectivity index (χ3v) is 7.05. The van der Waals surface area contributed by atoms with Gasteiger partial charge in [0, 0.05) is 30.0 Å². The standard InChI is InChI=1S/C25H28N6OS/c1-17(2)14-25(8-4-9-28-25)16-27-24(32)18-6-10-26-21(13-18)19-15-29-31-11-7-20(30-23(19)31)22-5-3-12-33-22/h3,5-7,10-13,15,17,28H,4,8-9,14,16H2,1-2H3,(H,27,32). The molecular weight excluding hydrogens is 432 g/mol. The van der Waals surface area contributed by atoms with Gasteiger partial charge >= 0.3 is 0 Å². The first kappa shape index (κ1) is 21.7. The minimum atomic E-state index is -0.0841. The van der Waals surface area contributed by atoms with Gasteiger partial charge in [-0.25, -0.2) is 9.50 Å². The van der Waals surface area contributed by atoms with Crippen molar-refractivity contribution in [3.8, 4) is 21.8 Å². The summed E-state index contributed by atoms with van der Waals surface area (Å²) in [5.74, 6) is 0.487. The van der Waals surface area contributed by atoms with Crippen molar-refractivity contribution >= 4 is 22.9 Å². The Kier molecular flexibility index (Phi) is 5.95. The Balaban J connectivity index is 1.38. The smallest absolute Gasteiger partial charge is 0.251 e. The molecule has 1 saturated heterocycles. The molecule has 4 aromatic rings. The van der Waals surface area contributed by atoms with Crippen molar-refractivity contribution in [1.82, 2.24) is 30.2 Å². The molecule has 0 aliphatic carbocycles. The molecule has 33 heavy (non-hydrogen) atoms. The van der Waals surface area contributed by atoms with Crippen LogP contribution in [0.25, 0.3) is 27.5 Å². The summed E-state index contributed by atoms with van der Waals surface area (Å²) in [5, 5.41) is 13.3. The molecule has 0 radical (unpaired) electrons. The van der Waals surface area contributed by atoms with E-state index >= 15 is 0 Å². The Hall–Kier alpha value is -3.10. The molecule has 0 saturated carbocycles. The van der Waals surface area contributed by atoms with Crippen LogP contribution in [0, 0.1) is 5.92 Å². The van der Waals surface area contributed by atoms with E-state index in [1.54, 1.807) is 34.3 Å². The van der Waals surface area contributed by atoms with E-state index in [-0.39, 0.29) is 11.4 Å². The molecule has 7 nitrogen and oxygen atoms in total. The first-order valence-electron chi connectivity index (χ1n) is 11.4. The zero-order valence-electron chi connectivity index (χ0n) is 18.9. The van der Waals surface area contributed by atoms with E-state index in [4.69, 9.17) is 4.98 Å². The third kappa shape index (κ3) is 4.54. The van der Waals surface area contributed by atoms with E-state index in [1.807, 2.05) is 35.8 Å². The van der Waals surface area contributed by atoms with Gasteiger partial charge in [0.05, 0.1) is 28.0 Å². The predicted molar refractivity (Wildman–Crippen MR) is 131 cm³/mol. The Bertz CT molecular complexity index is 1260. The van der Waals surface area contributed by atoms with Gasteiger partial charge in [-0.1, -0.05) is 19.9 Å². The zero-order valence-corrected chi connectivity index (χ0v) is 19.7. The largest absolute Gasteiger partial charge is 0.350 e. The minimum Gasteiger partial charge on any atom is -0.350 e. The molecule has 5 heterocycles. The maximum atomic E-state index is 13.0. The van der Waals surface area contributed by atoms with Crippen molar-refractivity contribution in [2.45, 2.75) is 38.6 Å². The van der Waals surface area contributed by atoms with Gasteiger partial charge in [-0.05, 0) is 61.4 Å². The fourth-order valence-electron chi connectivity index (χ4n) is 4.73. The van der Waals surface area contributed by atoms with Gasteiger partial charge in [-0.2, -0.15) is 5.10 Å². The highest BCUT2D eigenvalue weighted by Gasteiger charge is 2.34. The summed E-state index contributed by atoms with van der Waals surface area (Å²) < 4.78 is 1.74. The fourth-order valence-corrected chi connectivity index (χ4v) is 5.42. The predicted octanol–water partition coefficient (Wildman–Crippen LogP) is 4.42. The lowest BCUT2D eigenvalue weighted by Gasteiger charge is -2.31. The lowest BCUT2D eigenvalue weighted by atomic mass is 9.87. The van der Waals surface area contributed by atoms with Gasteiger partial charge in [0.15, 0.2) is 5.65 Å². The molecule has 1 fully saturated rings. The molecule has 5 rings (SSSR count). The van der Waals surface area contributed by atoms with Crippen LogP contribution in [0.5, 0.6) is 0 Å². The van der Waals surface area contributed by atoms with Crippen molar-refractivity contribution in [3.63, 3.8) is 0 Å². The third-order valence-electron chi connectivity index (χ3n) is 6.16. The number of aromatic nitrogens is 4. The van der Waals surface area contributed by atoms with E-state index < -0.39 is 0 Å². The van der Waals surface area contributed by atoms with Crippen LogP contribution >= 0.6 is 11.3 Å². The number of fused-ring (bicyclic) bond motifs is 1. The zero-order chi connectivity index (χ0) is 22.8. The Morgan fingerprint density at radius 1 is 1.30 bits per heavy atom. The second kappa shape index (κ2) is 9.03. The van der Waals surface area contributed by atoms with Gasteiger partial charge in [0.25, 0.3) is 5.91 Å². The average Bonchev–Trinajstić information content (AvgIpc) is 3.58.